The lowest BCUT2D eigenvalue weighted by molar-refractivity contribution is -0.0638. The molecule has 3 atom stereocenters. The fourth-order valence-electron chi connectivity index (χ4n) is 4.87. The van der Waals surface area contributed by atoms with E-state index in [9.17, 15) is 0 Å². The molecular weight excluding hydrogens is 300 g/mol. The van der Waals surface area contributed by atoms with Crippen molar-refractivity contribution in [2.45, 2.75) is 110 Å². The van der Waals surface area contributed by atoms with Crippen LogP contribution >= 0.6 is 0 Å². The van der Waals surface area contributed by atoms with Crippen LogP contribution in [0.15, 0.2) is 0 Å². The summed E-state index contributed by atoms with van der Waals surface area (Å²) in [5, 5.41) is 11.8. The van der Waals surface area contributed by atoms with Crippen LogP contribution in [0.1, 0.15) is 73.6 Å². The van der Waals surface area contributed by atoms with Gasteiger partial charge in [-0.3, -0.25) is 15.2 Å². The highest BCUT2D eigenvalue weighted by Gasteiger charge is 2.52. The van der Waals surface area contributed by atoms with Crippen molar-refractivity contribution in [2.75, 3.05) is 0 Å². The minimum atomic E-state index is -0.0999. The van der Waals surface area contributed by atoms with E-state index in [0.29, 0.717) is 24.2 Å². The van der Waals surface area contributed by atoms with Gasteiger partial charge in [0.2, 0.25) is 0 Å². The van der Waals surface area contributed by atoms with E-state index in [1.165, 1.54) is 32.1 Å². The van der Waals surface area contributed by atoms with Crippen molar-refractivity contribution < 1.29 is 0 Å². The van der Waals surface area contributed by atoms with E-state index in [2.05, 4.69) is 62.1 Å². The molecule has 5 heteroatoms. The second-order valence-electron chi connectivity index (χ2n) is 8.70. The standard InChI is InChI=1S/C18H40N4Si/c1-12(2)19-17-11-15-9-7-8-10-16(15)22(23)18(17,20-13(3)4)21-14(5)6/h12-17,19-21H,7-11H2,1-6,23H3. The summed E-state index contributed by atoms with van der Waals surface area (Å²) in [5.41, 5.74) is 0. The van der Waals surface area contributed by atoms with Crippen molar-refractivity contribution in [3.05, 3.63) is 0 Å². The van der Waals surface area contributed by atoms with E-state index in [1.807, 2.05) is 0 Å². The number of nitrogens with one attached hydrogen (secondary N) is 3. The van der Waals surface area contributed by atoms with Crippen LogP contribution in [-0.4, -0.2) is 51.0 Å². The van der Waals surface area contributed by atoms with Gasteiger partial charge in [0.1, 0.15) is 5.79 Å². The van der Waals surface area contributed by atoms with Crippen LogP contribution in [0.4, 0.5) is 0 Å². The summed E-state index contributed by atoms with van der Waals surface area (Å²) in [6.07, 6.45) is 6.92. The minimum absolute atomic E-state index is 0.0999. The summed E-state index contributed by atoms with van der Waals surface area (Å²) in [5.74, 6) is 0.769. The van der Waals surface area contributed by atoms with E-state index < -0.39 is 0 Å². The molecule has 136 valence electrons. The molecule has 1 saturated carbocycles. The molecule has 1 aliphatic carbocycles. The lowest BCUT2D eigenvalue weighted by Crippen LogP contribution is -2.82. The molecule has 1 heterocycles. The van der Waals surface area contributed by atoms with Crippen LogP contribution in [0, 0.1) is 5.92 Å². The van der Waals surface area contributed by atoms with Gasteiger partial charge in [0.25, 0.3) is 0 Å². The largest absolute Gasteiger partial charge is 0.308 e. The Kier molecular flexibility index (Phi) is 6.71. The van der Waals surface area contributed by atoms with Crippen molar-refractivity contribution in [3.8, 4) is 0 Å². The SMILES string of the molecule is CC(C)NC1CC2CCCCC2N([SiH3])C1(NC(C)C)NC(C)C. The Balaban J connectivity index is 2.36. The molecule has 2 aliphatic rings. The average Bonchev–Trinajstić information content (AvgIpc) is 2.43. The molecule has 0 aromatic heterocycles. The van der Waals surface area contributed by atoms with E-state index in [4.69, 9.17) is 0 Å². The topological polar surface area (TPSA) is 39.3 Å². The highest BCUT2D eigenvalue weighted by molar-refractivity contribution is 6.05. The summed E-state index contributed by atoms with van der Waals surface area (Å²) < 4.78 is 2.78. The number of hydrogen-bond acceptors (Lipinski definition) is 4. The molecule has 0 aromatic rings. The van der Waals surface area contributed by atoms with Crippen molar-refractivity contribution in [1.29, 1.82) is 0 Å². The van der Waals surface area contributed by atoms with Crippen LogP contribution in [0.2, 0.25) is 0 Å². The molecule has 3 N–H and O–H groups in total. The van der Waals surface area contributed by atoms with Gasteiger partial charge in [0.05, 0.1) is 16.4 Å². The maximum atomic E-state index is 3.95. The average molecular weight is 341 g/mol. The monoisotopic (exact) mass is 340 g/mol. The van der Waals surface area contributed by atoms with Crippen LogP contribution in [0.3, 0.4) is 0 Å². The van der Waals surface area contributed by atoms with Crippen molar-refractivity contribution in [1.82, 2.24) is 20.5 Å². The van der Waals surface area contributed by atoms with Crippen LogP contribution < -0.4 is 16.0 Å². The predicted molar refractivity (Wildman–Crippen MR) is 103 cm³/mol. The van der Waals surface area contributed by atoms with E-state index in [0.717, 1.165) is 22.4 Å². The third-order valence-corrected chi connectivity index (χ3v) is 6.89. The van der Waals surface area contributed by atoms with E-state index in [1.54, 1.807) is 0 Å². The predicted octanol–water partition coefficient (Wildman–Crippen LogP) is 1.55. The van der Waals surface area contributed by atoms with Gasteiger partial charge in [0.15, 0.2) is 0 Å². The first-order valence-corrected chi connectivity index (χ1v) is 10.7. The maximum absolute atomic E-state index is 3.95. The van der Waals surface area contributed by atoms with E-state index >= 15 is 0 Å². The first-order valence-electron chi connectivity index (χ1n) is 9.80. The number of nitrogens with zero attached hydrogens (tertiary/aromatic N) is 1. The summed E-state index contributed by atoms with van der Waals surface area (Å²) in [7, 11) is 1.10. The van der Waals surface area contributed by atoms with Crippen molar-refractivity contribution in [2.24, 2.45) is 5.92 Å². The normalized spacial score (nSPS) is 32.0. The molecule has 3 unspecified atom stereocenters. The third kappa shape index (κ3) is 4.37. The number of piperidine rings is 1. The first kappa shape index (κ1) is 19.4. The van der Waals surface area contributed by atoms with Crippen LogP contribution in [0.25, 0.3) is 0 Å². The van der Waals surface area contributed by atoms with E-state index in [-0.39, 0.29) is 5.79 Å². The second kappa shape index (κ2) is 7.96. The molecule has 0 aromatic carbocycles. The van der Waals surface area contributed by atoms with Crippen LogP contribution in [0.5, 0.6) is 0 Å². The molecule has 2 rings (SSSR count). The molecule has 0 spiro atoms. The number of fused-ring (bicyclic) bond motifs is 1. The highest BCUT2D eigenvalue weighted by Crippen LogP contribution is 2.40. The Morgan fingerprint density at radius 1 is 0.913 bits per heavy atom. The van der Waals surface area contributed by atoms with Gasteiger partial charge in [-0.1, -0.05) is 26.7 Å². The summed E-state index contributed by atoms with van der Waals surface area (Å²) in [6.45, 7) is 13.7. The summed E-state index contributed by atoms with van der Waals surface area (Å²) in [4.78, 5) is 0. The van der Waals surface area contributed by atoms with Gasteiger partial charge in [0, 0.05) is 24.2 Å². The Hall–Kier alpha value is 0.0569. The Bertz CT molecular complexity index is 362. The van der Waals surface area contributed by atoms with Gasteiger partial charge in [-0.2, -0.15) is 0 Å². The van der Waals surface area contributed by atoms with Gasteiger partial charge >= 0.3 is 0 Å². The zero-order valence-corrected chi connectivity index (χ0v) is 18.4. The highest BCUT2D eigenvalue weighted by atomic mass is 28.2. The van der Waals surface area contributed by atoms with Crippen molar-refractivity contribution >= 4 is 10.4 Å². The fourth-order valence-corrected chi connectivity index (χ4v) is 6.12. The fraction of sp³-hybridized carbons (Fsp3) is 1.00. The van der Waals surface area contributed by atoms with Crippen LogP contribution in [-0.2, 0) is 0 Å². The van der Waals surface area contributed by atoms with Gasteiger partial charge in [-0.15, -0.1) is 0 Å². The van der Waals surface area contributed by atoms with Gasteiger partial charge in [-0.05, 0) is 52.9 Å². The minimum Gasteiger partial charge on any atom is -0.308 e. The Morgan fingerprint density at radius 2 is 1.48 bits per heavy atom. The zero-order valence-electron chi connectivity index (χ0n) is 16.4. The molecule has 0 bridgehead atoms. The summed E-state index contributed by atoms with van der Waals surface area (Å²) >= 11 is 0. The molecule has 0 radical (unpaired) electrons. The second-order valence-corrected chi connectivity index (χ2v) is 9.66. The molecule has 23 heavy (non-hydrogen) atoms. The molecule has 2 fully saturated rings. The first-order chi connectivity index (χ1) is 10.8. The molecule has 1 saturated heterocycles. The zero-order chi connectivity index (χ0) is 17.2. The number of hydrogen-bond donors (Lipinski definition) is 3. The lowest BCUT2D eigenvalue weighted by atomic mass is 9.75. The van der Waals surface area contributed by atoms with Gasteiger partial charge < -0.3 is 5.32 Å². The smallest absolute Gasteiger partial charge is 0.135 e. The Morgan fingerprint density at radius 3 is 2.00 bits per heavy atom. The summed E-state index contributed by atoms with van der Waals surface area (Å²) in [6, 6.07) is 2.67. The third-order valence-electron chi connectivity index (χ3n) is 5.52. The quantitative estimate of drug-likeness (QED) is 0.507. The molecular formula is C18H40N4Si. The maximum Gasteiger partial charge on any atom is 0.135 e. The molecule has 4 nitrogen and oxygen atoms in total. The van der Waals surface area contributed by atoms with Gasteiger partial charge in [-0.25, -0.2) is 0 Å². The lowest BCUT2D eigenvalue weighted by Gasteiger charge is -2.60. The Labute approximate surface area is 147 Å². The number of rotatable bonds is 6. The van der Waals surface area contributed by atoms with Crippen molar-refractivity contribution in [3.63, 3.8) is 0 Å². The molecule has 0 amide bonds. The molecule has 1 aliphatic heterocycles.